The molecule has 5 nitrogen and oxygen atoms in total. The minimum absolute atomic E-state index is 0.199. The number of rotatable bonds is 8. The molecular weight excluding hydrogens is 372 g/mol. The van der Waals surface area contributed by atoms with Gasteiger partial charge in [0.15, 0.2) is 5.65 Å². The molecule has 0 saturated carbocycles. The number of aryl methyl sites for hydroxylation is 2. The third-order valence-electron chi connectivity index (χ3n) is 6.05. The van der Waals surface area contributed by atoms with E-state index in [1.807, 2.05) is 40.9 Å². The van der Waals surface area contributed by atoms with Crippen molar-refractivity contribution < 1.29 is 4.79 Å². The first-order valence-electron chi connectivity index (χ1n) is 11.0. The summed E-state index contributed by atoms with van der Waals surface area (Å²) in [5.74, 6) is 0.199. The van der Waals surface area contributed by atoms with Crippen LogP contribution in [0, 0.1) is 13.8 Å². The number of fused-ring (bicyclic) bond motifs is 1. The van der Waals surface area contributed by atoms with E-state index in [0.717, 1.165) is 23.1 Å². The van der Waals surface area contributed by atoms with Crippen LogP contribution in [0.25, 0.3) is 11.0 Å². The molecule has 2 heterocycles. The molecule has 0 aliphatic heterocycles. The van der Waals surface area contributed by atoms with Gasteiger partial charge in [-0.05, 0) is 64.2 Å². The highest BCUT2D eigenvalue weighted by molar-refractivity contribution is 5.81. The maximum absolute atomic E-state index is 13.2. The number of carbonyl (C=O) groups is 1. The van der Waals surface area contributed by atoms with Crippen molar-refractivity contribution in [2.75, 3.05) is 0 Å². The van der Waals surface area contributed by atoms with Crippen LogP contribution in [-0.2, 0) is 17.8 Å². The van der Waals surface area contributed by atoms with E-state index in [0.29, 0.717) is 19.4 Å². The van der Waals surface area contributed by atoms with Crippen molar-refractivity contribution in [3.63, 3.8) is 0 Å². The van der Waals surface area contributed by atoms with Crippen LogP contribution in [0.1, 0.15) is 69.0 Å². The minimum atomic E-state index is 0.199. The van der Waals surface area contributed by atoms with E-state index in [9.17, 15) is 4.79 Å². The zero-order valence-corrected chi connectivity index (χ0v) is 19.1. The Morgan fingerprint density at radius 3 is 2.47 bits per heavy atom. The Balaban J connectivity index is 1.80. The molecule has 0 fully saturated rings. The standard InChI is InChI=1S/C25H34N4O/c1-7-18(4)28(16-21-11-9-8-10-12-21)24(30)14-13-22-19(5)23-15-26-29(17(2)3)25(23)27-20(22)6/h8-12,15,17-18H,7,13-14,16H2,1-6H3. The molecule has 0 radical (unpaired) electrons. The second kappa shape index (κ2) is 9.41. The number of hydrogen-bond donors (Lipinski definition) is 0. The fourth-order valence-corrected chi connectivity index (χ4v) is 4.00. The summed E-state index contributed by atoms with van der Waals surface area (Å²) in [6.45, 7) is 13.3. The summed E-state index contributed by atoms with van der Waals surface area (Å²) < 4.78 is 1.97. The third kappa shape index (κ3) is 4.55. The van der Waals surface area contributed by atoms with Gasteiger partial charge in [0.2, 0.25) is 5.91 Å². The second-order valence-electron chi connectivity index (χ2n) is 8.49. The molecule has 3 aromatic rings. The number of aromatic nitrogens is 3. The van der Waals surface area contributed by atoms with E-state index >= 15 is 0 Å². The molecule has 0 aliphatic rings. The Bertz CT molecular complexity index is 1010. The van der Waals surface area contributed by atoms with E-state index in [4.69, 9.17) is 4.98 Å². The normalized spacial score (nSPS) is 12.5. The molecule has 2 aromatic heterocycles. The van der Waals surface area contributed by atoms with E-state index in [1.54, 1.807) is 0 Å². The Labute approximate surface area is 180 Å². The molecule has 0 saturated heterocycles. The summed E-state index contributed by atoms with van der Waals surface area (Å²) in [7, 11) is 0. The van der Waals surface area contributed by atoms with Gasteiger partial charge in [-0.15, -0.1) is 0 Å². The number of benzene rings is 1. The van der Waals surface area contributed by atoms with Crippen LogP contribution in [0.2, 0.25) is 0 Å². The number of amides is 1. The molecule has 1 amide bonds. The van der Waals surface area contributed by atoms with Gasteiger partial charge in [-0.25, -0.2) is 9.67 Å². The molecule has 0 spiro atoms. The van der Waals surface area contributed by atoms with Crippen molar-refractivity contribution in [3.8, 4) is 0 Å². The average molecular weight is 407 g/mol. The van der Waals surface area contributed by atoms with Gasteiger partial charge in [0.1, 0.15) is 0 Å². The van der Waals surface area contributed by atoms with Crippen LogP contribution in [0.4, 0.5) is 0 Å². The van der Waals surface area contributed by atoms with Gasteiger partial charge in [-0.1, -0.05) is 37.3 Å². The van der Waals surface area contributed by atoms with Gasteiger partial charge >= 0.3 is 0 Å². The zero-order valence-electron chi connectivity index (χ0n) is 19.1. The first kappa shape index (κ1) is 22.0. The maximum atomic E-state index is 13.2. The molecule has 160 valence electrons. The van der Waals surface area contributed by atoms with E-state index in [-0.39, 0.29) is 18.0 Å². The summed E-state index contributed by atoms with van der Waals surface area (Å²) in [5, 5.41) is 5.60. The van der Waals surface area contributed by atoms with Crippen LogP contribution in [0.15, 0.2) is 36.5 Å². The van der Waals surface area contributed by atoms with Gasteiger partial charge < -0.3 is 4.90 Å². The first-order valence-corrected chi connectivity index (χ1v) is 11.0. The molecule has 3 rings (SSSR count). The van der Waals surface area contributed by atoms with E-state index in [1.165, 1.54) is 16.7 Å². The summed E-state index contributed by atoms with van der Waals surface area (Å²) in [4.78, 5) is 20.0. The summed E-state index contributed by atoms with van der Waals surface area (Å²) in [6.07, 6.45) is 4.04. The highest BCUT2D eigenvalue weighted by Crippen LogP contribution is 2.26. The SMILES string of the molecule is CCC(C)N(Cc1ccccc1)C(=O)CCc1c(C)nc2c(cnn2C(C)C)c1C. The summed E-state index contributed by atoms with van der Waals surface area (Å²) in [6, 6.07) is 10.7. The average Bonchev–Trinajstić information content (AvgIpc) is 3.16. The number of pyridine rings is 1. The first-order chi connectivity index (χ1) is 14.3. The highest BCUT2D eigenvalue weighted by atomic mass is 16.2. The zero-order chi connectivity index (χ0) is 21.8. The molecule has 0 N–H and O–H groups in total. The van der Waals surface area contributed by atoms with Gasteiger partial charge in [0.05, 0.1) is 6.20 Å². The lowest BCUT2D eigenvalue weighted by Crippen LogP contribution is -2.38. The molecule has 0 aliphatic carbocycles. The molecule has 1 aromatic carbocycles. The van der Waals surface area contributed by atoms with Crippen LogP contribution in [-0.4, -0.2) is 31.6 Å². The fourth-order valence-electron chi connectivity index (χ4n) is 4.00. The van der Waals surface area contributed by atoms with Crippen LogP contribution in [0.5, 0.6) is 0 Å². The van der Waals surface area contributed by atoms with Gasteiger partial charge in [-0.2, -0.15) is 5.10 Å². The Morgan fingerprint density at radius 2 is 1.83 bits per heavy atom. The van der Waals surface area contributed by atoms with Crippen molar-refractivity contribution in [1.29, 1.82) is 0 Å². The van der Waals surface area contributed by atoms with Crippen molar-refractivity contribution in [2.45, 2.75) is 79.4 Å². The predicted octanol–water partition coefficient (Wildman–Crippen LogP) is 5.39. The molecule has 1 atom stereocenters. The number of hydrogen-bond acceptors (Lipinski definition) is 3. The Kier molecular flexibility index (Phi) is 6.91. The van der Waals surface area contributed by atoms with E-state index in [2.05, 4.69) is 51.9 Å². The van der Waals surface area contributed by atoms with Gasteiger partial charge in [0, 0.05) is 36.1 Å². The largest absolute Gasteiger partial charge is 0.336 e. The van der Waals surface area contributed by atoms with Crippen molar-refractivity contribution in [3.05, 3.63) is 58.9 Å². The smallest absolute Gasteiger partial charge is 0.223 e. The van der Waals surface area contributed by atoms with Crippen molar-refractivity contribution in [1.82, 2.24) is 19.7 Å². The van der Waals surface area contributed by atoms with Crippen LogP contribution in [0.3, 0.4) is 0 Å². The lowest BCUT2D eigenvalue weighted by molar-refractivity contribution is -0.134. The summed E-state index contributed by atoms with van der Waals surface area (Å²) in [5.41, 5.74) is 5.45. The molecule has 1 unspecified atom stereocenters. The van der Waals surface area contributed by atoms with Crippen LogP contribution >= 0.6 is 0 Å². The highest BCUT2D eigenvalue weighted by Gasteiger charge is 2.21. The molecule has 30 heavy (non-hydrogen) atoms. The Morgan fingerprint density at radius 1 is 1.13 bits per heavy atom. The van der Waals surface area contributed by atoms with Crippen LogP contribution < -0.4 is 0 Å². The van der Waals surface area contributed by atoms with Crippen molar-refractivity contribution in [2.24, 2.45) is 0 Å². The molecule has 0 bridgehead atoms. The van der Waals surface area contributed by atoms with Gasteiger partial charge in [-0.3, -0.25) is 4.79 Å². The predicted molar refractivity (Wildman–Crippen MR) is 122 cm³/mol. The maximum Gasteiger partial charge on any atom is 0.223 e. The lowest BCUT2D eigenvalue weighted by atomic mass is 9.99. The third-order valence-corrected chi connectivity index (χ3v) is 6.05. The fraction of sp³-hybridized carbons (Fsp3) is 0.480. The lowest BCUT2D eigenvalue weighted by Gasteiger charge is -2.29. The second-order valence-corrected chi connectivity index (χ2v) is 8.49. The number of nitrogens with zero attached hydrogens (tertiary/aromatic N) is 4. The number of carbonyl (C=O) groups excluding carboxylic acids is 1. The van der Waals surface area contributed by atoms with Crippen molar-refractivity contribution >= 4 is 16.9 Å². The quantitative estimate of drug-likeness (QED) is 0.504. The monoisotopic (exact) mass is 406 g/mol. The van der Waals surface area contributed by atoms with E-state index < -0.39 is 0 Å². The minimum Gasteiger partial charge on any atom is -0.336 e. The molecular formula is C25H34N4O. The summed E-state index contributed by atoms with van der Waals surface area (Å²) >= 11 is 0. The molecule has 5 heteroatoms. The topological polar surface area (TPSA) is 51.0 Å². The van der Waals surface area contributed by atoms with Gasteiger partial charge in [0.25, 0.3) is 0 Å². The Hall–Kier alpha value is -2.69.